The lowest BCUT2D eigenvalue weighted by molar-refractivity contribution is -0.112. The Labute approximate surface area is 220 Å². The third-order valence-electron chi connectivity index (χ3n) is 6.61. The number of aromatic nitrogens is 2. The van der Waals surface area contributed by atoms with E-state index in [2.05, 4.69) is 24.9 Å². The smallest absolute Gasteiger partial charge is 0.225 e. The summed E-state index contributed by atoms with van der Waals surface area (Å²) >= 11 is 5.95. The van der Waals surface area contributed by atoms with Crippen LogP contribution in [0.2, 0.25) is 5.02 Å². The molecule has 11 heteroatoms. The van der Waals surface area contributed by atoms with Crippen molar-refractivity contribution in [3.8, 4) is 5.75 Å². The van der Waals surface area contributed by atoms with Crippen LogP contribution in [0.4, 0.5) is 17.3 Å². The quantitative estimate of drug-likeness (QED) is 0.453. The predicted molar refractivity (Wildman–Crippen MR) is 143 cm³/mol. The molecule has 2 unspecified atom stereocenters. The minimum absolute atomic E-state index is 0.0541. The van der Waals surface area contributed by atoms with Crippen LogP contribution in [-0.4, -0.2) is 76.2 Å². The number of rotatable bonds is 7. The minimum atomic E-state index is -0.816. The number of hydrazone groups is 1. The number of carbonyl (C=O) groups excluding carboxylic acids is 1. The van der Waals surface area contributed by atoms with Crippen molar-refractivity contribution in [2.75, 3.05) is 47.4 Å². The van der Waals surface area contributed by atoms with Gasteiger partial charge in [-0.3, -0.25) is 14.7 Å². The summed E-state index contributed by atoms with van der Waals surface area (Å²) in [5.41, 5.74) is 2.64. The molecule has 0 radical (unpaired) electrons. The SMILES string of the molecule is CC1=NN(CC(O)c2ccc(Cl)cc2)C(C=O)N1c1ccc(N2CCN(c3ncc(O)cn3)CC2)cc1. The maximum atomic E-state index is 12.1. The second kappa shape index (κ2) is 10.6. The van der Waals surface area contributed by atoms with E-state index in [0.717, 1.165) is 43.8 Å². The Hall–Kier alpha value is -3.89. The van der Waals surface area contributed by atoms with Crippen molar-refractivity contribution in [2.45, 2.75) is 19.2 Å². The molecule has 1 saturated heterocycles. The number of amidine groups is 1. The monoisotopic (exact) mass is 521 g/mol. The number of nitrogens with zero attached hydrogens (tertiary/aromatic N) is 7. The first-order valence-corrected chi connectivity index (χ1v) is 12.4. The van der Waals surface area contributed by atoms with Gasteiger partial charge in [0, 0.05) is 42.6 Å². The van der Waals surface area contributed by atoms with Crippen LogP contribution in [-0.2, 0) is 4.79 Å². The van der Waals surface area contributed by atoms with Crippen molar-refractivity contribution in [2.24, 2.45) is 5.10 Å². The van der Waals surface area contributed by atoms with E-state index < -0.39 is 12.3 Å². The number of aliphatic hydroxyl groups excluding tert-OH is 1. The Bertz CT molecular complexity index is 1250. The van der Waals surface area contributed by atoms with E-state index in [1.807, 2.05) is 36.1 Å². The van der Waals surface area contributed by atoms with Crippen LogP contribution < -0.4 is 14.7 Å². The molecule has 0 spiro atoms. The zero-order chi connectivity index (χ0) is 25.9. The summed E-state index contributed by atoms with van der Waals surface area (Å²) in [6.45, 7) is 5.17. The number of carbonyl (C=O) groups is 1. The number of aldehydes is 1. The molecule has 1 fully saturated rings. The highest BCUT2D eigenvalue weighted by atomic mass is 35.5. The van der Waals surface area contributed by atoms with Gasteiger partial charge >= 0.3 is 0 Å². The number of aromatic hydroxyl groups is 1. The van der Waals surface area contributed by atoms with Gasteiger partial charge in [0.15, 0.2) is 18.2 Å². The topological polar surface area (TPSA) is 109 Å². The normalized spacial score (nSPS) is 18.7. The number of benzene rings is 2. The van der Waals surface area contributed by atoms with E-state index >= 15 is 0 Å². The molecule has 0 aliphatic carbocycles. The Morgan fingerprint density at radius 3 is 2.19 bits per heavy atom. The summed E-state index contributed by atoms with van der Waals surface area (Å²) in [7, 11) is 0. The number of piperazine rings is 1. The molecule has 10 nitrogen and oxygen atoms in total. The van der Waals surface area contributed by atoms with E-state index in [1.165, 1.54) is 12.4 Å². The molecule has 0 saturated carbocycles. The number of anilines is 3. The van der Waals surface area contributed by atoms with Crippen molar-refractivity contribution in [1.82, 2.24) is 15.0 Å². The van der Waals surface area contributed by atoms with Gasteiger partial charge in [0.2, 0.25) is 5.95 Å². The van der Waals surface area contributed by atoms with Crippen LogP contribution >= 0.6 is 11.6 Å². The number of β-amino-alcohol motifs (C(OH)–C–C–N with tert-alkyl or cyclic N) is 1. The van der Waals surface area contributed by atoms with Gasteiger partial charge in [-0.1, -0.05) is 23.7 Å². The molecule has 37 heavy (non-hydrogen) atoms. The highest BCUT2D eigenvalue weighted by Gasteiger charge is 2.34. The van der Waals surface area contributed by atoms with Crippen molar-refractivity contribution < 1.29 is 15.0 Å². The first-order valence-electron chi connectivity index (χ1n) is 12.0. The highest BCUT2D eigenvalue weighted by Crippen LogP contribution is 2.29. The Morgan fingerprint density at radius 1 is 0.973 bits per heavy atom. The molecular weight excluding hydrogens is 494 g/mol. The van der Waals surface area contributed by atoms with Gasteiger partial charge in [-0.25, -0.2) is 9.97 Å². The Morgan fingerprint density at radius 2 is 1.57 bits per heavy atom. The van der Waals surface area contributed by atoms with E-state index in [4.69, 9.17) is 11.6 Å². The predicted octanol–water partition coefficient (Wildman–Crippen LogP) is 2.88. The zero-order valence-electron chi connectivity index (χ0n) is 20.4. The van der Waals surface area contributed by atoms with E-state index in [-0.39, 0.29) is 12.3 Å². The van der Waals surface area contributed by atoms with Crippen molar-refractivity contribution >= 4 is 41.0 Å². The summed E-state index contributed by atoms with van der Waals surface area (Å²) in [5.74, 6) is 1.34. The lowest BCUT2D eigenvalue weighted by Crippen LogP contribution is -2.47. The summed E-state index contributed by atoms with van der Waals surface area (Å²) < 4.78 is 0. The van der Waals surface area contributed by atoms with Crippen molar-refractivity contribution in [3.05, 3.63) is 71.5 Å². The van der Waals surface area contributed by atoms with Gasteiger partial charge in [0.1, 0.15) is 5.84 Å². The van der Waals surface area contributed by atoms with Crippen molar-refractivity contribution in [1.29, 1.82) is 0 Å². The maximum absolute atomic E-state index is 12.1. The van der Waals surface area contributed by atoms with Crippen LogP contribution in [0.25, 0.3) is 0 Å². The number of hydrogen-bond acceptors (Lipinski definition) is 10. The molecule has 0 amide bonds. The fourth-order valence-corrected chi connectivity index (χ4v) is 4.80. The first kappa shape index (κ1) is 24.8. The molecule has 2 aromatic carbocycles. The van der Waals surface area contributed by atoms with E-state index in [1.54, 1.807) is 29.3 Å². The van der Waals surface area contributed by atoms with Crippen molar-refractivity contribution in [3.63, 3.8) is 0 Å². The standard InChI is InChI=1S/C26H28ClN7O3/c1-18-30-33(16-24(37)19-2-4-20(27)5-3-19)25(17-35)34(18)22-8-6-21(7-9-22)31-10-12-32(13-11-31)26-28-14-23(36)15-29-26/h2-9,14-15,17,24-25,36-37H,10-13,16H2,1H3. The van der Waals surface area contributed by atoms with Gasteiger partial charge in [-0.2, -0.15) is 5.10 Å². The van der Waals surface area contributed by atoms with Gasteiger partial charge in [0.05, 0.1) is 25.0 Å². The molecule has 0 bridgehead atoms. The summed E-state index contributed by atoms with van der Waals surface area (Å²) in [6.07, 6.45) is 2.19. The molecule has 192 valence electrons. The Balaban J connectivity index is 1.23. The van der Waals surface area contributed by atoms with Crippen LogP contribution in [0.15, 0.2) is 66.0 Å². The van der Waals surface area contributed by atoms with Gasteiger partial charge < -0.3 is 20.0 Å². The Kier molecular flexibility index (Phi) is 7.11. The molecule has 3 aromatic rings. The third kappa shape index (κ3) is 5.30. The van der Waals surface area contributed by atoms with Crippen LogP contribution in [0.3, 0.4) is 0 Å². The van der Waals surface area contributed by atoms with Crippen LogP contribution in [0.5, 0.6) is 5.75 Å². The molecule has 5 rings (SSSR count). The van der Waals surface area contributed by atoms with Gasteiger partial charge in [0.25, 0.3) is 0 Å². The second-order valence-corrected chi connectivity index (χ2v) is 9.42. The maximum Gasteiger partial charge on any atom is 0.225 e. The lowest BCUT2D eigenvalue weighted by Gasteiger charge is -2.36. The van der Waals surface area contributed by atoms with Crippen LogP contribution in [0, 0.1) is 0 Å². The zero-order valence-corrected chi connectivity index (χ0v) is 21.1. The molecule has 2 aliphatic rings. The second-order valence-electron chi connectivity index (χ2n) is 8.99. The van der Waals surface area contributed by atoms with E-state index in [9.17, 15) is 15.0 Å². The average molecular weight is 522 g/mol. The summed E-state index contributed by atoms with van der Waals surface area (Å²) in [4.78, 5) is 26.7. The first-order chi connectivity index (χ1) is 17.9. The minimum Gasteiger partial charge on any atom is -0.505 e. The lowest BCUT2D eigenvalue weighted by atomic mass is 10.1. The summed E-state index contributed by atoms with van der Waals surface area (Å²) in [5, 5.41) is 26.9. The third-order valence-corrected chi connectivity index (χ3v) is 6.86. The summed E-state index contributed by atoms with van der Waals surface area (Å²) in [6, 6.07) is 15.0. The van der Waals surface area contributed by atoms with Gasteiger partial charge in [-0.05, 0) is 48.9 Å². The molecule has 2 aliphatic heterocycles. The number of hydrogen-bond donors (Lipinski definition) is 2. The molecule has 3 heterocycles. The average Bonchev–Trinajstić information content (AvgIpc) is 3.24. The fraction of sp³-hybridized carbons (Fsp3) is 0.308. The molecular formula is C26H28ClN7O3. The molecule has 2 N–H and O–H groups in total. The highest BCUT2D eigenvalue weighted by molar-refractivity contribution is 6.30. The largest absolute Gasteiger partial charge is 0.505 e. The number of aliphatic hydroxyl groups is 1. The molecule has 2 atom stereocenters. The molecule has 1 aromatic heterocycles. The van der Waals surface area contributed by atoms with Gasteiger partial charge in [-0.15, -0.1) is 0 Å². The van der Waals surface area contributed by atoms with E-state index in [0.29, 0.717) is 22.4 Å². The fourth-order valence-electron chi connectivity index (χ4n) is 4.67. The van der Waals surface area contributed by atoms with Crippen LogP contribution in [0.1, 0.15) is 18.6 Å². The number of halogens is 1.